The molecule has 0 aliphatic heterocycles. The third kappa shape index (κ3) is 4.35. The summed E-state index contributed by atoms with van der Waals surface area (Å²) in [6, 6.07) is 13.0. The Balaban J connectivity index is 1.57. The highest BCUT2D eigenvalue weighted by Crippen LogP contribution is 2.33. The third-order valence-electron chi connectivity index (χ3n) is 4.85. The second kappa shape index (κ2) is 8.83. The van der Waals surface area contributed by atoms with E-state index in [1.165, 1.54) is 4.68 Å². The number of nitrogens with two attached hydrogens (primary N) is 1. The van der Waals surface area contributed by atoms with E-state index in [0.717, 1.165) is 10.0 Å². The zero-order valence-corrected chi connectivity index (χ0v) is 19.3. The van der Waals surface area contributed by atoms with Crippen LogP contribution in [0.1, 0.15) is 27.5 Å². The van der Waals surface area contributed by atoms with Crippen LogP contribution in [0.2, 0.25) is 0 Å². The fourth-order valence-electron chi connectivity index (χ4n) is 3.19. The third-order valence-corrected chi connectivity index (χ3v) is 5.34. The van der Waals surface area contributed by atoms with Crippen LogP contribution in [-0.4, -0.2) is 33.0 Å². The SMILES string of the molecule is COc1ccc(Br)cc1-c1nc(Cn2nnc(C(=O)Nc3cccc(C)c3)c2N)c(C)o1. The van der Waals surface area contributed by atoms with Crippen LogP contribution in [0, 0.1) is 13.8 Å². The van der Waals surface area contributed by atoms with Gasteiger partial charge in [0.05, 0.1) is 19.2 Å². The van der Waals surface area contributed by atoms with Crippen LogP contribution in [0.4, 0.5) is 11.5 Å². The van der Waals surface area contributed by atoms with Gasteiger partial charge in [0.15, 0.2) is 11.5 Å². The molecule has 0 atom stereocenters. The summed E-state index contributed by atoms with van der Waals surface area (Å²) in [5.74, 6) is 1.35. The monoisotopic (exact) mass is 496 g/mol. The van der Waals surface area contributed by atoms with E-state index in [2.05, 4.69) is 36.5 Å². The van der Waals surface area contributed by atoms with E-state index in [9.17, 15) is 4.79 Å². The Kier molecular flexibility index (Phi) is 5.95. The van der Waals surface area contributed by atoms with Gasteiger partial charge in [-0.15, -0.1) is 5.10 Å². The standard InChI is InChI=1S/C22H21BrN6O3/c1-12-5-4-6-15(9-12)25-21(30)19-20(24)29(28-27-19)11-17-13(2)32-22(26-17)16-10-14(23)7-8-18(16)31-3/h4-10H,11,24H2,1-3H3,(H,25,30). The van der Waals surface area contributed by atoms with Gasteiger partial charge in [-0.25, -0.2) is 9.67 Å². The molecule has 0 saturated carbocycles. The van der Waals surface area contributed by atoms with Gasteiger partial charge in [-0.2, -0.15) is 0 Å². The number of aromatic nitrogens is 4. The molecule has 0 bridgehead atoms. The van der Waals surface area contributed by atoms with Gasteiger partial charge in [0.1, 0.15) is 17.2 Å². The fraction of sp³-hybridized carbons (Fsp3) is 0.182. The van der Waals surface area contributed by atoms with Gasteiger partial charge >= 0.3 is 0 Å². The number of rotatable bonds is 6. The van der Waals surface area contributed by atoms with E-state index in [1.54, 1.807) is 20.1 Å². The predicted octanol–water partition coefficient (Wildman–Crippen LogP) is 4.20. The van der Waals surface area contributed by atoms with E-state index in [-0.39, 0.29) is 18.1 Å². The van der Waals surface area contributed by atoms with Gasteiger partial charge in [-0.1, -0.05) is 33.3 Å². The quantitative estimate of drug-likeness (QED) is 0.410. The van der Waals surface area contributed by atoms with Crippen molar-refractivity contribution < 1.29 is 13.9 Å². The number of halogens is 1. The number of benzene rings is 2. The summed E-state index contributed by atoms with van der Waals surface area (Å²) < 4.78 is 13.6. The van der Waals surface area contributed by atoms with Crippen molar-refractivity contribution in [3.05, 3.63) is 69.6 Å². The van der Waals surface area contributed by atoms with Crippen LogP contribution in [0.3, 0.4) is 0 Å². The number of carbonyl (C=O) groups excluding carboxylic acids is 1. The highest BCUT2D eigenvalue weighted by atomic mass is 79.9. The van der Waals surface area contributed by atoms with E-state index in [4.69, 9.17) is 14.9 Å². The Morgan fingerprint density at radius 3 is 2.81 bits per heavy atom. The number of nitrogens with one attached hydrogen (secondary N) is 1. The molecule has 0 saturated heterocycles. The molecule has 0 radical (unpaired) electrons. The Morgan fingerprint density at radius 1 is 1.25 bits per heavy atom. The summed E-state index contributed by atoms with van der Waals surface area (Å²) >= 11 is 3.45. The Morgan fingerprint density at radius 2 is 2.06 bits per heavy atom. The number of oxazole rings is 1. The van der Waals surface area contributed by atoms with Crippen LogP contribution >= 0.6 is 15.9 Å². The number of carbonyl (C=O) groups is 1. The molecule has 0 aliphatic rings. The van der Waals surface area contributed by atoms with Gasteiger partial charge in [0.25, 0.3) is 5.91 Å². The Bertz CT molecular complexity index is 1300. The van der Waals surface area contributed by atoms with Crippen molar-refractivity contribution in [3.63, 3.8) is 0 Å². The largest absolute Gasteiger partial charge is 0.496 e. The molecule has 3 N–H and O–H groups in total. The first-order valence-electron chi connectivity index (χ1n) is 9.73. The number of ether oxygens (including phenoxy) is 1. The second-order valence-electron chi connectivity index (χ2n) is 7.17. The van der Waals surface area contributed by atoms with Crippen LogP contribution in [0.5, 0.6) is 5.75 Å². The average Bonchev–Trinajstić information content (AvgIpc) is 3.31. The highest BCUT2D eigenvalue weighted by Gasteiger charge is 2.21. The molecular formula is C22H21BrN6O3. The molecule has 4 aromatic rings. The maximum Gasteiger partial charge on any atom is 0.280 e. The van der Waals surface area contributed by atoms with Crippen LogP contribution < -0.4 is 15.8 Å². The first-order chi connectivity index (χ1) is 15.4. The maximum absolute atomic E-state index is 12.6. The summed E-state index contributed by atoms with van der Waals surface area (Å²) in [6.07, 6.45) is 0. The summed E-state index contributed by atoms with van der Waals surface area (Å²) in [7, 11) is 1.59. The zero-order valence-electron chi connectivity index (χ0n) is 17.7. The minimum absolute atomic E-state index is 0.0431. The summed E-state index contributed by atoms with van der Waals surface area (Å²) in [5, 5.41) is 10.8. The molecule has 4 rings (SSSR count). The van der Waals surface area contributed by atoms with Crippen molar-refractivity contribution >= 4 is 33.3 Å². The minimum Gasteiger partial charge on any atom is -0.496 e. The van der Waals surface area contributed by atoms with Crippen molar-refractivity contribution in [1.82, 2.24) is 20.0 Å². The lowest BCUT2D eigenvalue weighted by Crippen LogP contribution is -2.15. The van der Waals surface area contributed by atoms with Gasteiger partial charge in [0.2, 0.25) is 5.89 Å². The second-order valence-corrected chi connectivity index (χ2v) is 8.09. The number of aryl methyl sites for hydroxylation is 2. The topological polar surface area (TPSA) is 121 Å². The van der Waals surface area contributed by atoms with E-state index in [1.807, 2.05) is 43.3 Å². The summed E-state index contributed by atoms with van der Waals surface area (Å²) in [6.45, 7) is 3.94. The van der Waals surface area contributed by atoms with Gasteiger partial charge in [-0.3, -0.25) is 4.79 Å². The first kappa shape index (κ1) is 21.6. The molecule has 2 aromatic carbocycles. The molecule has 1 amide bonds. The molecule has 32 heavy (non-hydrogen) atoms. The smallest absolute Gasteiger partial charge is 0.280 e. The molecule has 2 aromatic heterocycles. The molecule has 0 unspecified atom stereocenters. The zero-order chi connectivity index (χ0) is 22.8. The Labute approximate surface area is 192 Å². The maximum atomic E-state index is 12.6. The molecule has 0 spiro atoms. The van der Waals surface area contributed by atoms with E-state index >= 15 is 0 Å². The van der Waals surface area contributed by atoms with Crippen molar-refractivity contribution in [1.29, 1.82) is 0 Å². The van der Waals surface area contributed by atoms with Crippen molar-refractivity contribution in [3.8, 4) is 17.2 Å². The number of hydrogen-bond acceptors (Lipinski definition) is 7. The number of nitrogen functional groups attached to an aromatic ring is 1. The van der Waals surface area contributed by atoms with Gasteiger partial charge in [-0.05, 0) is 49.7 Å². The van der Waals surface area contributed by atoms with Crippen molar-refractivity contribution in [2.75, 3.05) is 18.2 Å². The van der Waals surface area contributed by atoms with E-state index < -0.39 is 5.91 Å². The summed E-state index contributed by atoms with van der Waals surface area (Å²) in [5.41, 5.74) is 9.21. The first-order valence-corrected chi connectivity index (χ1v) is 10.5. The molecule has 9 nitrogen and oxygen atoms in total. The lowest BCUT2D eigenvalue weighted by atomic mass is 10.2. The number of amides is 1. The minimum atomic E-state index is -0.434. The molecule has 2 heterocycles. The van der Waals surface area contributed by atoms with Gasteiger partial charge in [0, 0.05) is 10.2 Å². The van der Waals surface area contributed by atoms with Crippen LogP contribution in [0.25, 0.3) is 11.5 Å². The lowest BCUT2D eigenvalue weighted by Gasteiger charge is -2.05. The molecule has 10 heteroatoms. The number of nitrogens with zero attached hydrogens (tertiary/aromatic N) is 4. The highest BCUT2D eigenvalue weighted by molar-refractivity contribution is 9.10. The normalized spacial score (nSPS) is 10.9. The molecule has 164 valence electrons. The summed E-state index contributed by atoms with van der Waals surface area (Å²) in [4.78, 5) is 17.2. The molecule has 0 fully saturated rings. The number of anilines is 2. The van der Waals surface area contributed by atoms with Crippen LogP contribution in [0.15, 0.2) is 51.4 Å². The van der Waals surface area contributed by atoms with Crippen molar-refractivity contribution in [2.24, 2.45) is 0 Å². The number of hydrogen-bond donors (Lipinski definition) is 2. The van der Waals surface area contributed by atoms with Gasteiger partial charge < -0.3 is 20.2 Å². The average molecular weight is 497 g/mol. The van der Waals surface area contributed by atoms with Crippen LogP contribution in [-0.2, 0) is 6.54 Å². The predicted molar refractivity (Wildman–Crippen MR) is 124 cm³/mol. The Hall–Kier alpha value is -3.66. The molecule has 0 aliphatic carbocycles. The fourth-order valence-corrected chi connectivity index (χ4v) is 3.55. The van der Waals surface area contributed by atoms with Crippen molar-refractivity contribution in [2.45, 2.75) is 20.4 Å². The molecular weight excluding hydrogens is 476 g/mol. The number of methoxy groups -OCH3 is 1. The lowest BCUT2D eigenvalue weighted by molar-refractivity contribution is 0.102. The van der Waals surface area contributed by atoms with E-state index in [0.29, 0.717) is 34.3 Å².